The van der Waals surface area contributed by atoms with Crippen LogP contribution in [-0.2, 0) is 14.3 Å². The fourth-order valence-electron chi connectivity index (χ4n) is 3.02. The Bertz CT molecular complexity index is 848. The predicted molar refractivity (Wildman–Crippen MR) is 104 cm³/mol. The minimum Gasteiger partial charge on any atom is -0.465 e. The van der Waals surface area contributed by atoms with Crippen LogP contribution in [0.4, 0.5) is 11.5 Å². The monoisotopic (exact) mass is 382 g/mol. The van der Waals surface area contributed by atoms with E-state index in [1.54, 1.807) is 29.3 Å². The summed E-state index contributed by atoms with van der Waals surface area (Å²) in [5.41, 5.74) is 0.776. The number of nitrogens with one attached hydrogen (secondary N) is 1. The van der Waals surface area contributed by atoms with Crippen molar-refractivity contribution < 1.29 is 19.1 Å². The summed E-state index contributed by atoms with van der Waals surface area (Å²) in [5.74, 6) is -0.239. The first-order chi connectivity index (χ1) is 13.6. The average molecular weight is 382 g/mol. The highest BCUT2D eigenvalue weighted by atomic mass is 16.5. The molecule has 2 aromatic rings. The Kier molecular flexibility index (Phi) is 6.21. The van der Waals surface area contributed by atoms with Crippen LogP contribution in [0.15, 0.2) is 48.7 Å². The van der Waals surface area contributed by atoms with Crippen molar-refractivity contribution in [3.05, 3.63) is 54.2 Å². The summed E-state index contributed by atoms with van der Waals surface area (Å²) in [6, 6.07) is 12.1. The molecule has 2 amide bonds. The van der Waals surface area contributed by atoms with E-state index in [0.717, 1.165) is 5.82 Å². The second-order valence-electron chi connectivity index (χ2n) is 6.35. The number of hydrogen-bond acceptors (Lipinski definition) is 6. The van der Waals surface area contributed by atoms with Crippen molar-refractivity contribution in [2.45, 2.75) is 6.42 Å². The van der Waals surface area contributed by atoms with Crippen LogP contribution in [0.1, 0.15) is 16.8 Å². The van der Waals surface area contributed by atoms with E-state index in [4.69, 9.17) is 0 Å². The van der Waals surface area contributed by atoms with E-state index >= 15 is 0 Å². The van der Waals surface area contributed by atoms with Crippen molar-refractivity contribution in [1.82, 2.24) is 9.88 Å². The first kappa shape index (κ1) is 19.3. The molecule has 1 aromatic carbocycles. The van der Waals surface area contributed by atoms with Crippen molar-refractivity contribution in [1.29, 1.82) is 0 Å². The van der Waals surface area contributed by atoms with Crippen molar-refractivity contribution >= 4 is 29.3 Å². The lowest BCUT2D eigenvalue weighted by molar-refractivity contribution is -0.134. The molecular formula is C20H22N4O4. The number of carbonyl (C=O) groups is 3. The van der Waals surface area contributed by atoms with E-state index in [1.165, 1.54) is 13.2 Å². The number of carbonyl (C=O) groups excluding carboxylic acids is 3. The Morgan fingerprint density at radius 2 is 1.86 bits per heavy atom. The molecule has 0 spiro atoms. The number of methoxy groups -OCH3 is 1. The molecule has 1 N–H and O–H groups in total. The number of rotatable bonds is 5. The lowest BCUT2D eigenvalue weighted by Crippen LogP contribution is -2.49. The van der Waals surface area contributed by atoms with Gasteiger partial charge < -0.3 is 19.9 Å². The van der Waals surface area contributed by atoms with Crippen LogP contribution in [0.25, 0.3) is 0 Å². The zero-order valence-corrected chi connectivity index (χ0v) is 15.6. The Morgan fingerprint density at radius 3 is 2.54 bits per heavy atom. The zero-order valence-electron chi connectivity index (χ0n) is 15.6. The van der Waals surface area contributed by atoms with Gasteiger partial charge in [-0.3, -0.25) is 9.59 Å². The van der Waals surface area contributed by atoms with Crippen LogP contribution >= 0.6 is 0 Å². The molecule has 1 fully saturated rings. The Balaban J connectivity index is 1.50. The molecule has 0 aliphatic carbocycles. The summed E-state index contributed by atoms with van der Waals surface area (Å²) < 4.78 is 4.66. The minimum absolute atomic E-state index is 0.220. The van der Waals surface area contributed by atoms with E-state index in [2.05, 4.69) is 19.9 Å². The second-order valence-corrected chi connectivity index (χ2v) is 6.35. The number of hydrogen-bond donors (Lipinski definition) is 1. The molecule has 0 radical (unpaired) electrons. The SMILES string of the molecule is COC(=O)c1cccc(NC(=O)CC(=O)N2CCN(c3ccccn3)CC2)c1. The fourth-order valence-corrected chi connectivity index (χ4v) is 3.02. The second kappa shape index (κ2) is 8.98. The third-order valence-corrected chi connectivity index (χ3v) is 4.48. The van der Waals surface area contributed by atoms with Crippen molar-refractivity contribution in [3.63, 3.8) is 0 Å². The van der Waals surface area contributed by atoms with Gasteiger partial charge in [0, 0.05) is 38.1 Å². The van der Waals surface area contributed by atoms with Gasteiger partial charge in [-0.1, -0.05) is 12.1 Å². The van der Waals surface area contributed by atoms with Crippen LogP contribution in [-0.4, -0.2) is 61.0 Å². The third kappa shape index (κ3) is 4.85. The molecule has 8 heteroatoms. The normalized spacial score (nSPS) is 13.8. The summed E-state index contributed by atoms with van der Waals surface area (Å²) >= 11 is 0. The maximum absolute atomic E-state index is 12.4. The van der Waals surface area contributed by atoms with Gasteiger partial charge in [0.25, 0.3) is 0 Å². The van der Waals surface area contributed by atoms with Crippen molar-refractivity contribution in [3.8, 4) is 0 Å². The van der Waals surface area contributed by atoms with E-state index in [1.807, 2.05) is 18.2 Å². The third-order valence-electron chi connectivity index (χ3n) is 4.48. The molecule has 8 nitrogen and oxygen atoms in total. The van der Waals surface area contributed by atoms with Crippen molar-refractivity contribution in [2.75, 3.05) is 43.5 Å². The molecule has 0 bridgehead atoms. The predicted octanol–water partition coefficient (Wildman–Crippen LogP) is 1.55. The molecule has 1 aliphatic heterocycles. The summed E-state index contributed by atoms with van der Waals surface area (Å²) in [4.78, 5) is 44.3. The maximum atomic E-state index is 12.4. The number of piperazine rings is 1. The van der Waals surface area contributed by atoms with Gasteiger partial charge in [0.05, 0.1) is 12.7 Å². The Hall–Kier alpha value is -3.42. The van der Waals surface area contributed by atoms with E-state index < -0.39 is 11.9 Å². The number of ether oxygens (including phenoxy) is 1. The highest BCUT2D eigenvalue weighted by molar-refractivity contribution is 6.04. The van der Waals surface area contributed by atoms with Crippen LogP contribution in [0.3, 0.4) is 0 Å². The summed E-state index contributed by atoms with van der Waals surface area (Å²) in [7, 11) is 1.29. The molecule has 0 unspecified atom stereocenters. The highest BCUT2D eigenvalue weighted by Gasteiger charge is 2.23. The van der Waals surface area contributed by atoms with Gasteiger partial charge in [0.1, 0.15) is 12.2 Å². The number of pyridine rings is 1. The molecule has 1 aromatic heterocycles. The summed E-state index contributed by atoms with van der Waals surface area (Å²) in [5, 5.41) is 2.65. The van der Waals surface area contributed by atoms with Gasteiger partial charge in [0.2, 0.25) is 11.8 Å². The fraction of sp³-hybridized carbons (Fsp3) is 0.300. The highest BCUT2D eigenvalue weighted by Crippen LogP contribution is 2.14. The maximum Gasteiger partial charge on any atom is 0.337 e. The van der Waals surface area contributed by atoms with Crippen LogP contribution < -0.4 is 10.2 Å². The van der Waals surface area contributed by atoms with Gasteiger partial charge in [-0.2, -0.15) is 0 Å². The standard InChI is InChI=1S/C20H22N4O4/c1-28-20(27)15-5-4-6-16(13-15)22-18(25)14-19(26)24-11-9-23(10-12-24)17-7-2-3-8-21-17/h2-8,13H,9-12,14H2,1H3,(H,22,25). The van der Waals surface area contributed by atoms with Gasteiger partial charge in [-0.15, -0.1) is 0 Å². The van der Waals surface area contributed by atoms with Crippen LogP contribution in [0, 0.1) is 0 Å². The van der Waals surface area contributed by atoms with Crippen LogP contribution in [0.5, 0.6) is 0 Å². The van der Waals surface area contributed by atoms with Gasteiger partial charge >= 0.3 is 5.97 Å². The minimum atomic E-state index is -0.488. The molecule has 0 atom stereocenters. The first-order valence-electron chi connectivity index (χ1n) is 8.99. The molecule has 0 saturated carbocycles. The molecule has 1 aliphatic rings. The number of nitrogens with zero attached hydrogens (tertiary/aromatic N) is 3. The van der Waals surface area contributed by atoms with E-state index in [-0.39, 0.29) is 12.3 Å². The van der Waals surface area contributed by atoms with E-state index in [0.29, 0.717) is 37.4 Å². The smallest absolute Gasteiger partial charge is 0.337 e. The largest absolute Gasteiger partial charge is 0.465 e. The summed E-state index contributed by atoms with van der Waals surface area (Å²) in [6.07, 6.45) is 1.50. The Labute approximate surface area is 163 Å². The lowest BCUT2D eigenvalue weighted by Gasteiger charge is -2.35. The number of anilines is 2. The first-order valence-corrected chi connectivity index (χ1v) is 8.99. The van der Waals surface area contributed by atoms with E-state index in [9.17, 15) is 14.4 Å². The number of esters is 1. The molecule has 146 valence electrons. The van der Waals surface area contributed by atoms with Crippen molar-refractivity contribution in [2.24, 2.45) is 0 Å². The quantitative estimate of drug-likeness (QED) is 0.623. The van der Waals surface area contributed by atoms with Crippen LogP contribution in [0.2, 0.25) is 0 Å². The van der Waals surface area contributed by atoms with Gasteiger partial charge in [-0.05, 0) is 30.3 Å². The number of aromatic nitrogens is 1. The molecule has 2 heterocycles. The lowest BCUT2D eigenvalue weighted by atomic mass is 10.2. The molecule has 3 rings (SSSR count). The molecule has 1 saturated heterocycles. The topological polar surface area (TPSA) is 91.8 Å². The van der Waals surface area contributed by atoms with Gasteiger partial charge in [0.15, 0.2) is 0 Å². The number of amides is 2. The summed E-state index contributed by atoms with van der Waals surface area (Å²) in [6.45, 7) is 2.43. The number of benzene rings is 1. The Morgan fingerprint density at radius 1 is 1.07 bits per heavy atom. The molecular weight excluding hydrogens is 360 g/mol. The zero-order chi connectivity index (χ0) is 19.9. The van der Waals surface area contributed by atoms with Gasteiger partial charge in [-0.25, -0.2) is 9.78 Å². The average Bonchev–Trinajstić information content (AvgIpc) is 2.74. The molecule has 28 heavy (non-hydrogen) atoms.